The van der Waals surface area contributed by atoms with E-state index in [-0.39, 0.29) is 23.8 Å². The molecule has 2 aromatic rings. The summed E-state index contributed by atoms with van der Waals surface area (Å²) in [5, 5.41) is 11.7. The highest BCUT2D eigenvalue weighted by Crippen LogP contribution is 2.50. The molecular formula is C27H36N4O5. The Kier molecular flexibility index (Phi) is 5.97. The summed E-state index contributed by atoms with van der Waals surface area (Å²) in [5.74, 6) is 1.56. The number of aromatic nitrogens is 1. The lowest BCUT2D eigenvalue weighted by Crippen LogP contribution is -2.68. The third-order valence-electron chi connectivity index (χ3n) is 8.60. The maximum Gasteiger partial charge on any atom is 0.237 e. The molecule has 2 saturated heterocycles. The van der Waals surface area contributed by atoms with Crippen LogP contribution in [0, 0.1) is 5.92 Å². The summed E-state index contributed by atoms with van der Waals surface area (Å²) in [4.78, 5) is 32.6. The lowest BCUT2D eigenvalue weighted by Gasteiger charge is -2.56. The zero-order chi connectivity index (χ0) is 25.0. The van der Waals surface area contributed by atoms with Crippen LogP contribution in [0.25, 0.3) is 10.9 Å². The zero-order valence-electron chi connectivity index (χ0n) is 21.2. The van der Waals surface area contributed by atoms with Crippen LogP contribution in [-0.2, 0) is 26.8 Å². The van der Waals surface area contributed by atoms with Gasteiger partial charge in [0.1, 0.15) is 5.75 Å². The van der Waals surface area contributed by atoms with Crippen LogP contribution in [0.3, 0.4) is 0 Å². The van der Waals surface area contributed by atoms with Gasteiger partial charge in [-0.15, -0.1) is 0 Å². The number of morpholine rings is 1. The Hall–Kier alpha value is -2.62. The number of rotatable bonds is 6. The van der Waals surface area contributed by atoms with Gasteiger partial charge in [0.25, 0.3) is 0 Å². The third kappa shape index (κ3) is 3.88. The molecule has 3 aliphatic heterocycles. The van der Waals surface area contributed by atoms with E-state index in [2.05, 4.69) is 15.5 Å². The van der Waals surface area contributed by atoms with Crippen molar-refractivity contribution in [3.8, 4) is 5.75 Å². The van der Waals surface area contributed by atoms with Gasteiger partial charge in [-0.2, -0.15) is 0 Å². The van der Waals surface area contributed by atoms with Crippen LogP contribution in [0.1, 0.15) is 36.6 Å². The van der Waals surface area contributed by atoms with Gasteiger partial charge in [-0.3, -0.25) is 14.5 Å². The fraction of sp³-hybridized carbons (Fsp3) is 0.630. The molecule has 0 bridgehead atoms. The second-order valence-electron chi connectivity index (χ2n) is 11.0. The van der Waals surface area contributed by atoms with Gasteiger partial charge in [-0.05, 0) is 36.5 Å². The summed E-state index contributed by atoms with van der Waals surface area (Å²) in [6.07, 6.45) is 2.94. The van der Waals surface area contributed by atoms with Crippen molar-refractivity contribution in [2.24, 2.45) is 13.0 Å². The number of fused-ring (bicyclic) bond motifs is 4. The highest BCUT2D eigenvalue weighted by molar-refractivity contribution is 5.91. The van der Waals surface area contributed by atoms with Crippen molar-refractivity contribution in [3.63, 3.8) is 0 Å². The third-order valence-corrected chi connectivity index (χ3v) is 8.60. The minimum Gasteiger partial charge on any atom is -0.497 e. The van der Waals surface area contributed by atoms with E-state index in [1.165, 1.54) is 5.56 Å². The van der Waals surface area contributed by atoms with Crippen LogP contribution in [0.2, 0.25) is 0 Å². The molecule has 194 valence electrons. The lowest BCUT2D eigenvalue weighted by atomic mass is 9.68. The minimum atomic E-state index is -0.432. The summed E-state index contributed by atoms with van der Waals surface area (Å²) in [7, 11) is 3.66. The number of carbonyl (C=O) groups excluding carboxylic acids is 2. The Morgan fingerprint density at radius 3 is 2.56 bits per heavy atom. The molecule has 0 radical (unpaired) electrons. The van der Waals surface area contributed by atoms with Gasteiger partial charge in [-0.1, -0.05) is 0 Å². The van der Waals surface area contributed by atoms with E-state index in [0.717, 1.165) is 48.3 Å². The molecule has 1 aromatic carbocycles. The standard InChI is InChI=1S/C27H36N4O5/c1-28-21-12-19(35-2)5-6-20(21)25-26(28)22(14-32)31(24(34)13-29-7-9-36-10-8-29)17-27(25)15-30(16-27)23(33)11-18-3-4-18/h5-6,12,18,22,32H,3-4,7-11,13-17H2,1-2H3/t22-/m0/s1. The smallest absolute Gasteiger partial charge is 0.237 e. The predicted molar refractivity (Wildman–Crippen MR) is 134 cm³/mol. The van der Waals surface area contributed by atoms with Crippen molar-refractivity contribution in [2.75, 3.05) is 66.2 Å². The second kappa shape index (κ2) is 9.04. The average molecular weight is 497 g/mol. The van der Waals surface area contributed by atoms with E-state index in [1.807, 2.05) is 29.0 Å². The van der Waals surface area contributed by atoms with Gasteiger partial charge in [0, 0.05) is 63.3 Å². The number of nitrogens with zero attached hydrogens (tertiary/aromatic N) is 4. The molecule has 1 aromatic heterocycles. The maximum absolute atomic E-state index is 13.7. The molecule has 4 heterocycles. The number of ether oxygens (including phenoxy) is 2. The van der Waals surface area contributed by atoms with E-state index in [0.29, 0.717) is 51.7 Å². The molecule has 9 heteroatoms. The van der Waals surface area contributed by atoms with Crippen molar-refractivity contribution in [1.29, 1.82) is 0 Å². The molecule has 6 rings (SSSR count). The molecule has 3 fully saturated rings. The quantitative estimate of drug-likeness (QED) is 0.648. The Balaban J connectivity index is 1.38. The Morgan fingerprint density at radius 2 is 1.89 bits per heavy atom. The molecule has 1 atom stereocenters. The minimum absolute atomic E-state index is 0.0200. The molecule has 1 N–H and O–H groups in total. The number of carbonyl (C=O) groups is 2. The molecule has 0 unspecified atom stereocenters. The maximum atomic E-state index is 13.7. The number of amides is 2. The molecule has 1 spiro atoms. The number of benzene rings is 1. The first-order valence-electron chi connectivity index (χ1n) is 13.1. The lowest BCUT2D eigenvalue weighted by molar-refractivity contribution is -0.146. The Bertz CT molecular complexity index is 1180. The van der Waals surface area contributed by atoms with Crippen LogP contribution in [0.4, 0.5) is 0 Å². The van der Waals surface area contributed by atoms with Gasteiger partial charge in [0.05, 0.1) is 50.4 Å². The highest BCUT2D eigenvalue weighted by atomic mass is 16.5. The van der Waals surface area contributed by atoms with Gasteiger partial charge in [0.2, 0.25) is 11.8 Å². The fourth-order valence-corrected chi connectivity index (χ4v) is 6.48. The number of aliphatic hydroxyl groups excluding tert-OH is 1. The van der Waals surface area contributed by atoms with Crippen LogP contribution in [0.15, 0.2) is 18.2 Å². The molecule has 4 aliphatic rings. The number of hydrogen-bond acceptors (Lipinski definition) is 6. The highest BCUT2D eigenvalue weighted by Gasteiger charge is 2.55. The molecule has 1 saturated carbocycles. The summed E-state index contributed by atoms with van der Waals surface area (Å²) >= 11 is 0. The fourth-order valence-electron chi connectivity index (χ4n) is 6.48. The van der Waals surface area contributed by atoms with E-state index < -0.39 is 6.04 Å². The Labute approximate surface area is 211 Å². The molecule has 2 amide bonds. The SMILES string of the molecule is COc1ccc2c3c(n(C)c2c1)[C@H](CO)N(C(=O)CN1CCOCC1)CC31CN(C(=O)CC2CC2)C1. The van der Waals surface area contributed by atoms with Crippen molar-refractivity contribution >= 4 is 22.7 Å². The van der Waals surface area contributed by atoms with E-state index in [4.69, 9.17) is 9.47 Å². The first kappa shape index (κ1) is 23.8. The molecule has 1 aliphatic carbocycles. The van der Waals surface area contributed by atoms with Crippen LogP contribution >= 0.6 is 0 Å². The monoisotopic (exact) mass is 496 g/mol. The summed E-state index contributed by atoms with van der Waals surface area (Å²) < 4.78 is 13.1. The number of aryl methyl sites for hydroxylation is 1. The number of hydrogen-bond donors (Lipinski definition) is 1. The van der Waals surface area contributed by atoms with Gasteiger partial charge in [-0.25, -0.2) is 0 Å². The second-order valence-corrected chi connectivity index (χ2v) is 11.0. The topological polar surface area (TPSA) is 87.5 Å². The first-order chi connectivity index (χ1) is 17.4. The molecule has 36 heavy (non-hydrogen) atoms. The average Bonchev–Trinajstić information content (AvgIpc) is 3.64. The summed E-state index contributed by atoms with van der Waals surface area (Å²) in [5.41, 5.74) is 2.82. The molecular weight excluding hydrogens is 460 g/mol. The van der Waals surface area contributed by atoms with E-state index in [9.17, 15) is 14.7 Å². The van der Waals surface area contributed by atoms with Crippen molar-refractivity contribution in [1.82, 2.24) is 19.3 Å². The predicted octanol–water partition coefficient (Wildman–Crippen LogP) is 1.27. The summed E-state index contributed by atoms with van der Waals surface area (Å²) in [6.45, 7) is 4.62. The van der Waals surface area contributed by atoms with Gasteiger partial charge >= 0.3 is 0 Å². The number of aliphatic hydroxyl groups is 1. The van der Waals surface area contributed by atoms with Crippen LogP contribution < -0.4 is 4.74 Å². The number of likely N-dealkylation sites (tertiary alicyclic amines) is 1. The first-order valence-corrected chi connectivity index (χ1v) is 13.1. The van der Waals surface area contributed by atoms with Crippen LogP contribution in [0.5, 0.6) is 5.75 Å². The normalized spacial score (nSPS) is 23.6. The molecule has 9 nitrogen and oxygen atoms in total. The van der Waals surface area contributed by atoms with Crippen molar-refractivity contribution in [3.05, 3.63) is 29.5 Å². The van der Waals surface area contributed by atoms with E-state index >= 15 is 0 Å². The largest absolute Gasteiger partial charge is 0.497 e. The van der Waals surface area contributed by atoms with Gasteiger partial charge in [0.15, 0.2) is 0 Å². The summed E-state index contributed by atoms with van der Waals surface area (Å²) in [6, 6.07) is 5.64. The van der Waals surface area contributed by atoms with Crippen molar-refractivity contribution in [2.45, 2.75) is 30.7 Å². The Morgan fingerprint density at radius 1 is 1.14 bits per heavy atom. The van der Waals surface area contributed by atoms with Gasteiger partial charge < -0.3 is 28.9 Å². The number of methoxy groups -OCH3 is 1. The van der Waals surface area contributed by atoms with Crippen molar-refractivity contribution < 1.29 is 24.2 Å². The zero-order valence-corrected chi connectivity index (χ0v) is 21.2. The van der Waals surface area contributed by atoms with Crippen LogP contribution in [-0.4, -0.2) is 102 Å². The van der Waals surface area contributed by atoms with E-state index in [1.54, 1.807) is 7.11 Å².